The van der Waals surface area contributed by atoms with E-state index in [2.05, 4.69) is 20.2 Å². The molecule has 4 aromatic rings. The molecule has 1 aromatic carbocycles. The van der Waals surface area contributed by atoms with Crippen LogP contribution in [0.5, 0.6) is 0 Å². The quantitative estimate of drug-likeness (QED) is 0.611. The van der Waals surface area contributed by atoms with Gasteiger partial charge in [0.25, 0.3) is 0 Å². The molecule has 0 atom stereocenters. The molecule has 0 bridgehead atoms. The highest BCUT2D eigenvalue weighted by Crippen LogP contribution is 2.21. The monoisotopic (exact) mass is 294 g/mol. The minimum atomic E-state index is -0.298. The molecule has 0 fully saturated rings. The van der Waals surface area contributed by atoms with Gasteiger partial charge in [0.2, 0.25) is 0 Å². The normalized spacial score (nSPS) is 11.5. The third-order valence-corrected chi connectivity index (χ3v) is 3.72. The number of aryl methyl sites for hydroxylation is 2. The van der Waals surface area contributed by atoms with Crippen molar-refractivity contribution in [1.82, 2.24) is 29.4 Å². The molecule has 0 aliphatic carbocycles. The van der Waals surface area contributed by atoms with Gasteiger partial charge in [-0.25, -0.2) is 9.78 Å². The number of nitrogens with zero attached hydrogens (tertiary/aromatic N) is 5. The summed E-state index contributed by atoms with van der Waals surface area (Å²) in [5.41, 5.74) is 2.69. The largest absolute Gasteiger partial charge is 0.348 e. The molecule has 0 amide bonds. The third-order valence-electron chi connectivity index (χ3n) is 3.72. The second-order valence-electron chi connectivity index (χ2n) is 5.13. The Kier molecular flexibility index (Phi) is 2.62. The minimum Gasteiger partial charge on any atom is -0.305 e. The Balaban J connectivity index is 2.04. The number of fused-ring (bicyclic) bond motifs is 3. The maximum atomic E-state index is 12.2. The first-order valence-electron chi connectivity index (χ1n) is 7.09. The number of H-pyrrole nitrogens is 1. The molecule has 0 spiro atoms. The van der Waals surface area contributed by atoms with Gasteiger partial charge in [0.15, 0.2) is 11.5 Å². The van der Waals surface area contributed by atoms with Crippen LogP contribution in [0.4, 0.5) is 0 Å². The van der Waals surface area contributed by atoms with E-state index in [0.29, 0.717) is 11.5 Å². The molecule has 0 saturated carbocycles. The van der Waals surface area contributed by atoms with Crippen LogP contribution in [0, 0.1) is 6.92 Å². The fourth-order valence-corrected chi connectivity index (χ4v) is 2.60. The van der Waals surface area contributed by atoms with Gasteiger partial charge in [0, 0.05) is 18.1 Å². The molecule has 110 valence electrons. The van der Waals surface area contributed by atoms with Gasteiger partial charge in [-0.3, -0.25) is 4.68 Å². The van der Waals surface area contributed by atoms with Crippen LogP contribution >= 0.6 is 0 Å². The standard InChI is InChI=1S/C15H14N6O/c1-3-20-8-11(9(2)18-20)13-17-14-10-6-4-5-7-12(10)16-15(22)21(14)19-13/h4-8H,3H2,1-2H3,(H,16,22). The van der Waals surface area contributed by atoms with Gasteiger partial charge in [0.1, 0.15) is 0 Å². The zero-order chi connectivity index (χ0) is 15.3. The van der Waals surface area contributed by atoms with Crippen molar-refractivity contribution in [2.75, 3.05) is 0 Å². The summed E-state index contributed by atoms with van der Waals surface area (Å²) in [6.45, 7) is 4.71. The lowest BCUT2D eigenvalue weighted by molar-refractivity contribution is 0.653. The molecule has 0 aliphatic rings. The molecule has 3 aromatic heterocycles. The van der Waals surface area contributed by atoms with E-state index in [1.807, 2.05) is 49.0 Å². The average Bonchev–Trinajstić information content (AvgIpc) is 3.11. The Morgan fingerprint density at radius 2 is 2.05 bits per heavy atom. The van der Waals surface area contributed by atoms with Gasteiger partial charge < -0.3 is 4.98 Å². The lowest BCUT2D eigenvalue weighted by atomic mass is 10.2. The van der Waals surface area contributed by atoms with E-state index in [-0.39, 0.29) is 5.69 Å². The highest BCUT2D eigenvalue weighted by atomic mass is 16.1. The molecule has 7 heteroatoms. The first kappa shape index (κ1) is 12.8. The van der Waals surface area contributed by atoms with Crippen molar-refractivity contribution in [3.05, 3.63) is 46.6 Å². The van der Waals surface area contributed by atoms with Gasteiger partial charge >= 0.3 is 5.69 Å². The summed E-state index contributed by atoms with van der Waals surface area (Å²) in [5.74, 6) is 0.513. The maximum absolute atomic E-state index is 12.2. The number of hydrogen-bond acceptors (Lipinski definition) is 4. The zero-order valence-electron chi connectivity index (χ0n) is 12.2. The Labute approximate surface area is 125 Å². The van der Waals surface area contributed by atoms with E-state index >= 15 is 0 Å². The zero-order valence-corrected chi connectivity index (χ0v) is 12.2. The van der Waals surface area contributed by atoms with Crippen molar-refractivity contribution in [2.24, 2.45) is 0 Å². The highest BCUT2D eigenvalue weighted by molar-refractivity contribution is 5.91. The van der Waals surface area contributed by atoms with Gasteiger partial charge in [-0.1, -0.05) is 12.1 Å². The number of rotatable bonds is 2. The Morgan fingerprint density at radius 1 is 1.23 bits per heavy atom. The Morgan fingerprint density at radius 3 is 2.82 bits per heavy atom. The number of aromatic amines is 1. The predicted molar refractivity (Wildman–Crippen MR) is 82.7 cm³/mol. The first-order chi connectivity index (χ1) is 10.7. The molecular weight excluding hydrogens is 280 g/mol. The summed E-state index contributed by atoms with van der Waals surface area (Å²) in [5, 5.41) is 9.61. The number of aromatic nitrogens is 6. The minimum absolute atomic E-state index is 0.298. The van der Waals surface area contributed by atoms with Crippen LogP contribution in [0.25, 0.3) is 27.9 Å². The second kappa shape index (κ2) is 4.52. The van der Waals surface area contributed by atoms with Crippen molar-refractivity contribution in [2.45, 2.75) is 20.4 Å². The highest BCUT2D eigenvalue weighted by Gasteiger charge is 2.15. The van der Waals surface area contributed by atoms with Crippen LogP contribution in [-0.4, -0.2) is 29.4 Å². The fraction of sp³-hybridized carbons (Fsp3) is 0.200. The van der Waals surface area contributed by atoms with Crippen molar-refractivity contribution in [1.29, 1.82) is 0 Å². The van der Waals surface area contributed by atoms with Gasteiger partial charge in [0.05, 0.1) is 16.8 Å². The number of para-hydroxylation sites is 1. The molecule has 3 heterocycles. The van der Waals surface area contributed by atoms with Gasteiger partial charge in [-0.15, -0.1) is 5.10 Å². The molecule has 4 rings (SSSR count). The van der Waals surface area contributed by atoms with Crippen LogP contribution < -0.4 is 5.69 Å². The molecule has 0 aliphatic heterocycles. The second-order valence-corrected chi connectivity index (χ2v) is 5.13. The number of hydrogen-bond donors (Lipinski definition) is 1. The van der Waals surface area contributed by atoms with Crippen LogP contribution in [0.15, 0.2) is 35.3 Å². The van der Waals surface area contributed by atoms with E-state index in [1.54, 1.807) is 0 Å². The van der Waals surface area contributed by atoms with Gasteiger partial charge in [-0.2, -0.15) is 9.61 Å². The van der Waals surface area contributed by atoms with E-state index in [9.17, 15) is 4.79 Å². The summed E-state index contributed by atoms with van der Waals surface area (Å²) < 4.78 is 3.14. The third kappa shape index (κ3) is 1.75. The molecule has 0 saturated heterocycles. The van der Waals surface area contributed by atoms with Crippen LogP contribution in [0.3, 0.4) is 0 Å². The summed E-state index contributed by atoms with van der Waals surface area (Å²) in [4.78, 5) is 19.5. The summed E-state index contributed by atoms with van der Waals surface area (Å²) in [6, 6.07) is 7.56. The van der Waals surface area contributed by atoms with E-state index in [0.717, 1.165) is 28.7 Å². The predicted octanol–water partition coefficient (Wildman–Crippen LogP) is 1.76. The summed E-state index contributed by atoms with van der Waals surface area (Å²) in [6.07, 6.45) is 1.90. The molecular formula is C15H14N6O. The van der Waals surface area contributed by atoms with Crippen LogP contribution in [-0.2, 0) is 6.54 Å². The SMILES string of the molecule is CCn1cc(-c2nc3c4ccccc4[nH]c(=O)n3n2)c(C)n1. The number of benzene rings is 1. The lowest BCUT2D eigenvalue weighted by Gasteiger charge is -1.97. The van der Waals surface area contributed by atoms with Crippen LogP contribution in [0.1, 0.15) is 12.6 Å². The van der Waals surface area contributed by atoms with Gasteiger partial charge in [-0.05, 0) is 26.0 Å². The molecule has 0 radical (unpaired) electrons. The number of nitrogens with one attached hydrogen (secondary N) is 1. The Hall–Kier alpha value is -2.96. The lowest BCUT2D eigenvalue weighted by Crippen LogP contribution is -2.17. The smallest absolute Gasteiger partial charge is 0.305 e. The fourth-order valence-electron chi connectivity index (χ4n) is 2.60. The molecule has 22 heavy (non-hydrogen) atoms. The Bertz CT molecular complexity index is 1050. The van der Waals surface area contributed by atoms with E-state index in [1.165, 1.54) is 4.52 Å². The molecule has 7 nitrogen and oxygen atoms in total. The topological polar surface area (TPSA) is 80.9 Å². The summed E-state index contributed by atoms with van der Waals surface area (Å²) >= 11 is 0. The van der Waals surface area contributed by atoms with E-state index < -0.39 is 0 Å². The summed E-state index contributed by atoms with van der Waals surface area (Å²) in [7, 11) is 0. The van der Waals surface area contributed by atoms with Crippen LogP contribution in [0.2, 0.25) is 0 Å². The first-order valence-corrected chi connectivity index (χ1v) is 7.09. The van der Waals surface area contributed by atoms with Crippen molar-refractivity contribution < 1.29 is 0 Å². The van der Waals surface area contributed by atoms with Crippen molar-refractivity contribution in [3.63, 3.8) is 0 Å². The average molecular weight is 294 g/mol. The molecule has 1 N–H and O–H groups in total. The van der Waals surface area contributed by atoms with E-state index in [4.69, 9.17) is 0 Å². The van der Waals surface area contributed by atoms with Crippen molar-refractivity contribution >= 4 is 16.6 Å². The van der Waals surface area contributed by atoms with Crippen molar-refractivity contribution in [3.8, 4) is 11.4 Å². The maximum Gasteiger partial charge on any atom is 0.348 e. The molecule has 0 unspecified atom stereocenters.